The Morgan fingerprint density at radius 2 is 2.00 bits per heavy atom. The number of methoxy groups -OCH3 is 1. The lowest BCUT2D eigenvalue weighted by molar-refractivity contribution is 0.0602. The first-order valence-electron chi connectivity index (χ1n) is 8.79. The van der Waals surface area contributed by atoms with Crippen molar-refractivity contribution in [3.05, 3.63) is 68.7 Å². The van der Waals surface area contributed by atoms with Crippen LogP contribution in [0, 0.1) is 6.92 Å². The first-order chi connectivity index (χ1) is 14.4. The van der Waals surface area contributed by atoms with E-state index in [9.17, 15) is 9.59 Å². The van der Waals surface area contributed by atoms with E-state index >= 15 is 0 Å². The highest BCUT2D eigenvalue weighted by atomic mass is 35.5. The molecule has 3 heterocycles. The number of aromatic nitrogens is 4. The smallest absolute Gasteiger partial charge is 0.338 e. The number of aromatic amines is 1. The molecule has 3 aromatic heterocycles. The van der Waals surface area contributed by atoms with Crippen LogP contribution in [0.15, 0.2) is 50.9 Å². The van der Waals surface area contributed by atoms with Crippen molar-refractivity contribution in [2.24, 2.45) is 0 Å². The van der Waals surface area contributed by atoms with Gasteiger partial charge in [-0.25, -0.2) is 14.8 Å². The standard InChI is InChI=1S/C20H15ClN4O4S/c1-10-7-14(19(27)28-2)16-17(22-10)23-20(24-18(16)26)30-9-13-8-15(29-25-13)11-3-5-12(21)6-4-11/h3-8H,9H2,1-2H3,(H,22,23,24,26). The normalized spacial score (nSPS) is 11.0. The van der Waals surface area contributed by atoms with Crippen molar-refractivity contribution in [1.82, 2.24) is 20.1 Å². The second-order valence-electron chi connectivity index (χ2n) is 6.35. The molecule has 0 saturated heterocycles. The van der Waals surface area contributed by atoms with E-state index < -0.39 is 11.5 Å². The van der Waals surface area contributed by atoms with Crippen LogP contribution in [0.3, 0.4) is 0 Å². The summed E-state index contributed by atoms with van der Waals surface area (Å²) in [7, 11) is 1.26. The van der Waals surface area contributed by atoms with Gasteiger partial charge in [-0.3, -0.25) is 4.79 Å². The van der Waals surface area contributed by atoms with E-state index in [1.807, 2.05) is 18.2 Å². The third kappa shape index (κ3) is 4.07. The van der Waals surface area contributed by atoms with Gasteiger partial charge in [0.15, 0.2) is 16.6 Å². The summed E-state index contributed by atoms with van der Waals surface area (Å²) in [4.78, 5) is 35.9. The zero-order valence-corrected chi connectivity index (χ0v) is 17.5. The van der Waals surface area contributed by atoms with Gasteiger partial charge in [-0.15, -0.1) is 0 Å². The monoisotopic (exact) mass is 442 g/mol. The van der Waals surface area contributed by atoms with Gasteiger partial charge in [-0.1, -0.05) is 28.5 Å². The third-order valence-corrected chi connectivity index (χ3v) is 5.39. The number of thioether (sulfide) groups is 1. The van der Waals surface area contributed by atoms with Gasteiger partial charge in [0, 0.05) is 28.1 Å². The summed E-state index contributed by atoms with van der Waals surface area (Å²) in [6, 6.07) is 10.5. The summed E-state index contributed by atoms with van der Waals surface area (Å²) in [6.07, 6.45) is 0. The average molecular weight is 443 g/mol. The zero-order valence-electron chi connectivity index (χ0n) is 15.9. The molecule has 0 aliphatic rings. The van der Waals surface area contributed by atoms with Gasteiger partial charge >= 0.3 is 5.97 Å². The number of H-pyrrole nitrogens is 1. The number of rotatable bonds is 5. The molecule has 0 fully saturated rings. The van der Waals surface area contributed by atoms with Crippen molar-refractivity contribution in [3.63, 3.8) is 0 Å². The van der Waals surface area contributed by atoms with E-state index in [1.54, 1.807) is 19.1 Å². The van der Waals surface area contributed by atoms with E-state index in [0.717, 1.165) is 5.56 Å². The molecule has 0 aliphatic carbocycles. The summed E-state index contributed by atoms with van der Waals surface area (Å²) >= 11 is 7.18. The molecule has 0 radical (unpaired) electrons. The number of nitrogens with one attached hydrogen (secondary N) is 1. The number of esters is 1. The van der Waals surface area contributed by atoms with Crippen molar-refractivity contribution in [1.29, 1.82) is 0 Å². The minimum Gasteiger partial charge on any atom is -0.465 e. The predicted molar refractivity (Wildman–Crippen MR) is 113 cm³/mol. The number of nitrogens with zero attached hydrogens (tertiary/aromatic N) is 3. The van der Waals surface area contributed by atoms with Crippen LogP contribution < -0.4 is 5.56 Å². The summed E-state index contributed by atoms with van der Waals surface area (Å²) in [5.41, 5.74) is 1.95. The van der Waals surface area contributed by atoms with Gasteiger partial charge in [-0.05, 0) is 37.3 Å². The van der Waals surface area contributed by atoms with Crippen molar-refractivity contribution in [3.8, 4) is 11.3 Å². The van der Waals surface area contributed by atoms with E-state index in [0.29, 0.717) is 33.1 Å². The second-order valence-corrected chi connectivity index (χ2v) is 7.75. The Hall–Kier alpha value is -3.17. The topological polar surface area (TPSA) is 111 Å². The molecule has 1 N–H and O–H groups in total. The molecule has 0 spiro atoms. The Labute approximate surface area is 179 Å². The van der Waals surface area contributed by atoms with Crippen LogP contribution in [0.1, 0.15) is 21.7 Å². The fourth-order valence-electron chi connectivity index (χ4n) is 2.86. The fraction of sp³-hybridized carbons (Fsp3) is 0.150. The number of hydrogen-bond acceptors (Lipinski definition) is 8. The maximum Gasteiger partial charge on any atom is 0.338 e. The van der Waals surface area contributed by atoms with Gasteiger partial charge in [0.05, 0.1) is 23.8 Å². The summed E-state index contributed by atoms with van der Waals surface area (Å²) in [5.74, 6) is 0.416. The molecule has 0 atom stereocenters. The van der Waals surface area contributed by atoms with Crippen LogP contribution in [0.2, 0.25) is 5.02 Å². The lowest BCUT2D eigenvalue weighted by Crippen LogP contribution is -2.16. The Kier molecular flexibility index (Phi) is 5.56. The number of pyridine rings is 1. The molecule has 4 rings (SSSR count). The lowest BCUT2D eigenvalue weighted by Gasteiger charge is -2.06. The van der Waals surface area contributed by atoms with Gasteiger partial charge in [0.2, 0.25) is 0 Å². The molecular formula is C20H15ClN4O4S. The molecule has 0 saturated carbocycles. The number of aryl methyl sites for hydroxylation is 1. The Morgan fingerprint density at radius 3 is 2.73 bits per heavy atom. The minimum absolute atomic E-state index is 0.100. The molecule has 30 heavy (non-hydrogen) atoms. The fourth-order valence-corrected chi connectivity index (χ4v) is 3.72. The van der Waals surface area contributed by atoms with Crippen molar-refractivity contribution < 1.29 is 14.1 Å². The van der Waals surface area contributed by atoms with Crippen LogP contribution in [0.25, 0.3) is 22.4 Å². The average Bonchev–Trinajstić information content (AvgIpc) is 3.20. The summed E-state index contributed by atoms with van der Waals surface area (Å²) in [6.45, 7) is 1.72. The van der Waals surface area contributed by atoms with Crippen LogP contribution >= 0.6 is 23.4 Å². The molecule has 0 amide bonds. The predicted octanol–water partition coefficient (Wildman–Crippen LogP) is 4.01. The minimum atomic E-state index is -0.615. The van der Waals surface area contributed by atoms with Crippen LogP contribution in [0.4, 0.5) is 0 Å². The van der Waals surface area contributed by atoms with Crippen LogP contribution in [-0.2, 0) is 10.5 Å². The van der Waals surface area contributed by atoms with Gasteiger partial charge in [-0.2, -0.15) is 0 Å². The molecule has 0 aliphatic heterocycles. The van der Waals surface area contributed by atoms with E-state index in [1.165, 1.54) is 24.9 Å². The maximum absolute atomic E-state index is 12.6. The highest BCUT2D eigenvalue weighted by Gasteiger charge is 2.18. The largest absolute Gasteiger partial charge is 0.465 e. The summed E-state index contributed by atoms with van der Waals surface area (Å²) in [5, 5.41) is 5.15. The molecule has 1 aromatic carbocycles. The molecule has 4 aromatic rings. The lowest BCUT2D eigenvalue weighted by atomic mass is 10.1. The first-order valence-corrected chi connectivity index (χ1v) is 10.2. The van der Waals surface area contributed by atoms with Crippen LogP contribution in [0.5, 0.6) is 0 Å². The van der Waals surface area contributed by atoms with Crippen molar-refractivity contribution in [2.45, 2.75) is 17.8 Å². The molecule has 8 nitrogen and oxygen atoms in total. The van der Waals surface area contributed by atoms with Gasteiger partial charge < -0.3 is 14.2 Å². The third-order valence-electron chi connectivity index (χ3n) is 4.23. The number of benzene rings is 1. The maximum atomic E-state index is 12.6. The molecule has 0 unspecified atom stereocenters. The summed E-state index contributed by atoms with van der Waals surface area (Å²) < 4.78 is 10.1. The van der Waals surface area contributed by atoms with Crippen molar-refractivity contribution >= 4 is 40.4 Å². The zero-order chi connectivity index (χ0) is 21.3. The van der Waals surface area contributed by atoms with Gasteiger partial charge in [0.25, 0.3) is 5.56 Å². The van der Waals surface area contributed by atoms with E-state index in [4.69, 9.17) is 20.9 Å². The highest BCUT2D eigenvalue weighted by molar-refractivity contribution is 7.98. The van der Waals surface area contributed by atoms with E-state index in [-0.39, 0.29) is 16.6 Å². The Balaban J connectivity index is 1.58. The first kappa shape index (κ1) is 20.1. The number of halogens is 1. The highest BCUT2D eigenvalue weighted by Crippen LogP contribution is 2.26. The quantitative estimate of drug-likeness (QED) is 0.280. The molecule has 152 valence electrons. The number of ether oxygens (including phenoxy) is 1. The van der Waals surface area contributed by atoms with Crippen molar-refractivity contribution in [2.75, 3.05) is 7.11 Å². The van der Waals surface area contributed by atoms with E-state index in [2.05, 4.69) is 20.1 Å². The number of hydrogen-bond donors (Lipinski definition) is 1. The Bertz CT molecular complexity index is 1300. The van der Waals surface area contributed by atoms with Gasteiger partial charge in [0.1, 0.15) is 0 Å². The number of carbonyl (C=O) groups excluding carboxylic acids is 1. The molecule has 0 bridgehead atoms. The molecule has 10 heteroatoms. The number of fused-ring (bicyclic) bond motifs is 1. The molecular weight excluding hydrogens is 428 g/mol. The van der Waals surface area contributed by atoms with Crippen LogP contribution in [-0.4, -0.2) is 33.2 Å². The number of carbonyl (C=O) groups is 1. The Morgan fingerprint density at radius 1 is 1.23 bits per heavy atom. The second kappa shape index (κ2) is 8.29. The SMILES string of the molecule is COC(=O)c1cc(C)nc2nc(SCc3cc(-c4ccc(Cl)cc4)on3)[nH]c(=O)c12.